The van der Waals surface area contributed by atoms with E-state index in [0.29, 0.717) is 18.2 Å². The van der Waals surface area contributed by atoms with Gasteiger partial charge in [-0.05, 0) is 56.4 Å². The zero-order chi connectivity index (χ0) is 14.7. The Bertz CT molecular complexity index is 524. The smallest absolute Gasteiger partial charge is 0.335 e. The Kier molecular flexibility index (Phi) is 4.27. The summed E-state index contributed by atoms with van der Waals surface area (Å²) in [5.41, 5.74) is 1.64. The number of nitrogens with zero attached hydrogens (tertiary/aromatic N) is 1. The molecule has 0 unspecified atom stereocenters. The average Bonchev–Trinajstić information content (AvgIpc) is 3.21. The zero-order valence-electron chi connectivity index (χ0n) is 11.8. The molecule has 1 saturated carbocycles. The van der Waals surface area contributed by atoms with Gasteiger partial charge < -0.3 is 15.3 Å². The fourth-order valence-electron chi connectivity index (χ4n) is 2.10. The standard InChI is InChI=1S/C15H20N2O3/c1-3-17(9-11-4-5-11)15(20)16-13-7-6-12(14(18)19)8-10(13)2/h6-8,11H,3-5,9H2,1-2H3,(H,16,20)(H,18,19). The van der Waals surface area contributed by atoms with Crippen molar-refractivity contribution in [3.63, 3.8) is 0 Å². The van der Waals surface area contributed by atoms with Gasteiger partial charge in [-0.1, -0.05) is 0 Å². The minimum absolute atomic E-state index is 0.120. The van der Waals surface area contributed by atoms with E-state index < -0.39 is 5.97 Å². The molecule has 0 aromatic heterocycles. The first-order chi connectivity index (χ1) is 9.51. The average molecular weight is 276 g/mol. The number of hydrogen-bond acceptors (Lipinski definition) is 2. The van der Waals surface area contributed by atoms with E-state index >= 15 is 0 Å². The summed E-state index contributed by atoms with van der Waals surface area (Å²) in [6.45, 7) is 5.23. The molecule has 2 rings (SSSR count). The first kappa shape index (κ1) is 14.4. The maximum atomic E-state index is 12.2. The lowest BCUT2D eigenvalue weighted by Crippen LogP contribution is -2.36. The third kappa shape index (κ3) is 3.50. The highest BCUT2D eigenvalue weighted by atomic mass is 16.4. The molecule has 20 heavy (non-hydrogen) atoms. The monoisotopic (exact) mass is 276 g/mol. The molecule has 0 aliphatic heterocycles. The van der Waals surface area contributed by atoms with Crippen molar-refractivity contribution in [2.45, 2.75) is 26.7 Å². The number of anilines is 1. The van der Waals surface area contributed by atoms with Crippen molar-refractivity contribution in [2.75, 3.05) is 18.4 Å². The van der Waals surface area contributed by atoms with Crippen LogP contribution in [-0.2, 0) is 0 Å². The molecule has 1 aliphatic rings. The number of hydrogen-bond donors (Lipinski definition) is 2. The van der Waals surface area contributed by atoms with E-state index in [4.69, 9.17) is 5.11 Å². The highest BCUT2D eigenvalue weighted by molar-refractivity contribution is 5.92. The predicted octanol–water partition coefficient (Wildman–Crippen LogP) is 2.96. The largest absolute Gasteiger partial charge is 0.478 e. The normalized spacial score (nSPS) is 13.9. The third-order valence-corrected chi connectivity index (χ3v) is 3.56. The van der Waals surface area contributed by atoms with Crippen LogP contribution in [0, 0.1) is 12.8 Å². The van der Waals surface area contributed by atoms with Gasteiger partial charge in [-0.2, -0.15) is 0 Å². The van der Waals surface area contributed by atoms with Crippen LogP contribution < -0.4 is 5.32 Å². The van der Waals surface area contributed by atoms with Crippen LogP contribution in [0.5, 0.6) is 0 Å². The van der Waals surface area contributed by atoms with Crippen molar-refractivity contribution in [3.05, 3.63) is 29.3 Å². The van der Waals surface area contributed by atoms with Crippen molar-refractivity contribution in [1.82, 2.24) is 4.90 Å². The molecule has 1 aliphatic carbocycles. The van der Waals surface area contributed by atoms with Crippen molar-refractivity contribution >= 4 is 17.7 Å². The maximum absolute atomic E-state index is 12.2. The summed E-state index contributed by atoms with van der Waals surface area (Å²) in [6, 6.07) is 4.59. The van der Waals surface area contributed by atoms with Gasteiger partial charge in [-0.25, -0.2) is 9.59 Å². The van der Waals surface area contributed by atoms with Crippen LogP contribution in [0.25, 0.3) is 0 Å². The lowest BCUT2D eigenvalue weighted by molar-refractivity contribution is 0.0697. The van der Waals surface area contributed by atoms with Gasteiger partial charge in [0.1, 0.15) is 0 Å². The Morgan fingerprint density at radius 2 is 2.10 bits per heavy atom. The fraction of sp³-hybridized carbons (Fsp3) is 0.467. The molecular weight excluding hydrogens is 256 g/mol. The Morgan fingerprint density at radius 3 is 2.60 bits per heavy atom. The van der Waals surface area contributed by atoms with Crippen LogP contribution >= 0.6 is 0 Å². The molecule has 0 saturated heterocycles. The summed E-state index contributed by atoms with van der Waals surface area (Å²) in [5, 5.41) is 11.8. The number of nitrogens with one attached hydrogen (secondary N) is 1. The number of aryl methyl sites for hydroxylation is 1. The minimum Gasteiger partial charge on any atom is -0.478 e. The maximum Gasteiger partial charge on any atom is 0.335 e. The Morgan fingerprint density at radius 1 is 1.40 bits per heavy atom. The second-order valence-electron chi connectivity index (χ2n) is 5.25. The first-order valence-corrected chi connectivity index (χ1v) is 6.91. The number of aromatic carboxylic acids is 1. The molecule has 1 aromatic rings. The first-order valence-electron chi connectivity index (χ1n) is 6.91. The van der Waals surface area contributed by atoms with Gasteiger partial charge >= 0.3 is 12.0 Å². The molecule has 2 amide bonds. The molecule has 1 aromatic carbocycles. The van der Waals surface area contributed by atoms with Crippen molar-refractivity contribution in [1.29, 1.82) is 0 Å². The quantitative estimate of drug-likeness (QED) is 0.868. The predicted molar refractivity (Wildman–Crippen MR) is 77.1 cm³/mol. The van der Waals surface area contributed by atoms with E-state index in [0.717, 1.165) is 12.1 Å². The van der Waals surface area contributed by atoms with Gasteiger partial charge in [0.05, 0.1) is 5.56 Å². The topological polar surface area (TPSA) is 69.6 Å². The zero-order valence-corrected chi connectivity index (χ0v) is 11.8. The van der Waals surface area contributed by atoms with Crippen LogP contribution in [0.1, 0.15) is 35.7 Å². The second-order valence-corrected chi connectivity index (χ2v) is 5.25. The lowest BCUT2D eigenvalue weighted by Gasteiger charge is -2.21. The number of carbonyl (C=O) groups excluding carboxylic acids is 1. The fourth-order valence-corrected chi connectivity index (χ4v) is 2.10. The molecule has 0 spiro atoms. The highest BCUT2D eigenvalue weighted by Gasteiger charge is 2.26. The minimum atomic E-state index is -0.963. The van der Waals surface area contributed by atoms with Crippen molar-refractivity contribution in [2.24, 2.45) is 5.92 Å². The number of amides is 2. The number of urea groups is 1. The second kappa shape index (κ2) is 5.94. The van der Waals surface area contributed by atoms with E-state index in [9.17, 15) is 9.59 Å². The molecule has 0 heterocycles. The van der Waals surface area contributed by atoms with Gasteiger partial charge in [0.2, 0.25) is 0 Å². The third-order valence-electron chi connectivity index (χ3n) is 3.56. The summed E-state index contributed by atoms with van der Waals surface area (Å²) < 4.78 is 0. The number of carbonyl (C=O) groups is 2. The van der Waals surface area contributed by atoms with Crippen LogP contribution in [-0.4, -0.2) is 35.1 Å². The Balaban J connectivity index is 2.04. The summed E-state index contributed by atoms with van der Waals surface area (Å²) in [4.78, 5) is 24.8. The Hall–Kier alpha value is -2.04. The van der Waals surface area contributed by atoms with E-state index in [1.54, 1.807) is 24.0 Å². The van der Waals surface area contributed by atoms with Gasteiger partial charge in [0.25, 0.3) is 0 Å². The SMILES string of the molecule is CCN(CC1CC1)C(=O)Nc1ccc(C(=O)O)cc1C. The summed E-state index contributed by atoms with van der Waals surface area (Å²) >= 11 is 0. The van der Waals surface area contributed by atoms with E-state index in [-0.39, 0.29) is 11.6 Å². The summed E-state index contributed by atoms with van der Waals surface area (Å²) in [7, 11) is 0. The van der Waals surface area contributed by atoms with Gasteiger partial charge in [-0.15, -0.1) is 0 Å². The van der Waals surface area contributed by atoms with Crippen LogP contribution in [0.15, 0.2) is 18.2 Å². The lowest BCUT2D eigenvalue weighted by atomic mass is 10.1. The summed E-state index contributed by atoms with van der Waals surface area (Å²) in [5.74, 6) is -0.314. The number of carboxylic acid groups (broad SMARTS) is 1. The van der Waals surface area contributed by atoms with Crippen LogP contribution in [0.3, 0.4) is 0 Å². The van der Waals surface area contributed by atoms with E-state index in [1.165, 1.54) is 18.9 Å². The molecule has 5 heteroatoms. The Labute approximate surface area is 118 Å². The van der Waals surface area contributed by atoms with Gasteiger partial charge in [-0.3, -0.25) is 0 Å². The summed E-state index contributed by atoms with van der Waals surface area (Å²) in [6.07, 6.45) is 2.41. The van der Waals surface area contributed by atoms with Gasteiger partial charge in [0.15, 0.2) is 0 Å². The highest BCUT2D eigenvalue weighted by Crippen LogP contribution is 2.29. The molecule has 0 radical (unpaired) electrons. The molecule has 2 N–H and O–H groups in total. The molecule has 1 fully saturated rings. The van der Waals surface area contributed by atoms with Crippen molar-refractivity contribution in [3.8, 4) is 0 Å². The van der Waals surface area contributed by atoms with E-state index in [1.807, 2.05) is 6.92 Å². The van der Waals surface area contributed by atoms with Crippen LogP contribution in [0.2, 0.25) is 0 Å². The van der Waals surface area contributed by atoms with E-state index in [2.05, 4.69) is 5.32 Å². The number of carboxylic acids is 1. The van der Waals surface area contributed by atoms with Gasteiger partial charge in [0, 0.05) is 18.8 Å². The van der Waals surface area contributed by atoms with Crippen molar-refractivity contribution < 1.29 is 14.7 Å². The molecule has 0 bridgehead atoms. The molecule has 5 nitrogen and oxygen atoms in total. The molecule has 108 valence electrons. The number of rotatable bonds is 5. The number of benzene rings is 1. The molecule has 0 atom stereocenters. The van der Waals surface area contributed by atoms with Crippen LogP contribution in [0.4, 0.5) is 10.5 Å². The molecular formula is C15H20N2O3.